The summed E-state index contributed by atoms with van der Waals surface area (Å²) in [5.41, 5.74) is 1.59. The molecule has 0 spiro atoms. The third-order valence-corrected chi connectivity index (χ3v) is 5.36. The summed E-state index contributed by atoms with van der Waals surface area (Å²) in [5.74, 6) is -1.02. The van der Waals surface area contributed by atoms with Crippen molar-refractivity contribution in [1.29, 1.82) is 0 Å². The lowest BCUT2D eigenvalue weighted by Crippen LogP contribution is -2.32. The van der Waals surface area contributed by atoms with Gasteiger partial charge in [0.1, 0.15) is 11.5 Å². The number of aryl methyl sites for hydroxylation is 1. The number of amides is 1. The molecule has 3 rings (SSSR count). The number of phenolic OH excluding ortho intramolecular Hbond substituents is 1. The zero-order valence-corrected chi connectivity index (χ0v) is 18.5. The van der Waals surface area contributed by atoms with Crippen LogP contribution in [0.3, 0.4) is 0 Å². The summed E-state index contributed by atoms with van der Waals surface area (Å²) in [7, 11) is 3.04. The van der Waals surface area contributed by atoms with Crippen molar-refractivity contribution in [3.63, 3.8) is 0 Å². The van der Waals surface area contributed by atoms with Gasteiger partial charge >= 0.3 is 0 Å². The van der Waals surface area contributed by atoms with Gasteiger partial charge in [-0.1, -0.05) is 6.07 Å². The first-order valence-electron chi connectivity index (χ1n) is 10.2. The molecule has 32 heavy (non-hydrogen) atoms. The van der Waals surface area contributed by atoms with Crippen LogP contribution in [0.4, 0.5) is 0 Å². The Kier molecular flexibility index (Phi) is 7.05. The molecule has 0 radical (unpaired) electrons. The van der Waals surface area contributed by atoms with Crippen molar-refractivity contribution in [3.05, 3.63) is 58.7 Å². The summed E-state index contributed by atoms with van der Waals surface area (Å²) in [6, 6.07) is 8.79. The van der Waals surface area contributed by atoms with Crippen LogP contribution in [0.1, 0.15) is 29.7 Å². The predicted molar refractivity (Wildman–Crippen MR) is 118 cm³/mol. The maximum atomic E-state index is 13.0. The Balaban J connectivity index is 2.20. The zero-order chi connectivity index (χ0) is 23.4. The molecular formula is C24H27NO7. The first-order valence-corrected chi connectivity index (χ1v) is 10.2. The molecule has 0 bridgehead atoms. The molecule has 1 amide bonds. The third-order valence-electron chi connectivity index (χ3n) is 5.36. The molecule has 0 aromatic heterocycles. The van der Waals surface area contributed by atoms with Gasteiger partial charge in [-0.15, -0.1) is 0 Å². The van der Waals surface area contributed by atoms with Crippen molar-refractivity contribution in [3.8, 4) is 17.2 Å². The number of phenols is 1. The van der Waals surface area contributed by atoms with Crippen LogP contribution in [0, 0.1) is 6.92 Å². The number of ketones is 1. The van der Waals surface area contributed by atoms with Gasteiger partial charge in [-0.05, 0) is 55.3 Å². The fraction of sp³-hybridized carbons (Fsp3) is 0.333. The van der Waals surface area contributed by atoms with E-state index >= 15 is 0 Å². The number of hydrogen-bond donors (Lipinski definition) is 2. The standard InChI is InChI=1S/C24H27NO7/c1-5-32-19-13-15(6-9-18(19)26)21-20(23(28)24(29)25(21)10-11-30-3)22(27)17-8-7-16(31-4)12-14(17)2/h6-9,12-13,21,26-27H,5,10-11H2,1-4H3. The van der Waals surface area contributed by atoms with Crippen LogP contribution in [-0.4, -0.2) is 60.8 Å². The lowest BCUT2D eigenvalue weighted by atomic mass is 9.93. The number of likely N-dealkylation sites (tertiary alicyclic amines) is 1. The molecule has 170 valence electrons. The van der Waals surface area contributed by atoms with Crippen LogP contribution in [0.25, 0.3) is 5.76 Å². The van der Waals surface area contributed by atoms with Crippen LogP contribution in [-0.2, 0) is 14.3 Å². The Hall–Kier alpha value is -3.52. The summed E-state index contributed by atoms with van der Waals surface area (Å²) >= 11 is 0. The number of Topliss-reactive ketones (excluding diaryl/α,β-unsaturated/α-hetero) is 1. The largest absolute Gasteiger partial charge is 0.507 e. The van der Waals surface area contributed by atoms with Crippen LogP contribution >= 0.6 is 0 Å². The van der Waals surface area contributed by atoms with Gasteiger partial charge in [0, 0.05) is 19.2 Å². The quantitative estimate of drug-likeness (QED) is 0.368. The normalized spacial score (nSPS) is 17.6. The van der Waals surface area contributed by atoms with E-state index in [0.29, 0.717) is 29.0 Å². The Morgan fingerprint density at radius 1 is 1.12 bits per heavy atom. The van der Waals surface area contributed by atoms with E-state index in [-0.39, 0.29) is 36.0 Å². The van der Waals surface area contributed by atoms with E-state index in [1.807, 2.05) is 0 Å². The number of aromatic hydroxyl groups is 1. The van der Waals surface area contributed by atoms with E-state index in [0.717, 1.165) is 0 Å². The van der Waals surface area contributed by atoms with Gasteiger partial charge in [0.2, 0.25) is 0 Å². The summed E-state index contributed by atoms with van der Waals surface area (Å²) in [6.45, 7) is 4.24. The average molecular weight is 441 g/mol. The summed E-state index contributed by atoms with van der Waals surface area (Å²) in [6.07, 6.45) is 0. The van der Waals surface area contributed by atoms with Gasteiger partial charge in [-0.3, -0.25) is 9.59 Å². The number of aliphatic hydroxyl groups excluding tert-OH is 1. The Morgan fingerprint density at radius 3 is 2.50 bits per heavy atom. The van der Waals surface area contributed by atoms with Gasteiger partial charge in [-0.25, -0.2) is 0 Å². The first kappa shape index (κ1) is 23.1. The number of benzene rings is 2. The number of methoxy groups -OCH3 is 2. The zero-order valence-electron chi connectivity index (χ0n) is 18.5. The first-order chi connectivity index (χ1) is 15.3. The molecular weight excluding hydrogens is 414 g/mol. The van der Waals surface area contributed by atoms with E-state index in [1.54, 1.807) is 44.2 Å². The number of hydrogen-bond acceptors (Lipinski definition) is 7. The van der Waals surface area contributed by atoms with Crippen molar-refractivity contribution in [1.82, 2.24) is 4.90 Å². The average Bonchev–Trinajstić information content (AvgIpc) is 3.03. The van der Waals surface area contributed by atoms with E-state index in [4.69, 9.17) is 14.2 Å². The second kappa shape index (κ2) is 9.74. The molecule has 2 N–H and O–H groups in total. The highest BCUT2D eigenvalue weighted by atomic mass is 16.5. The lowest BCUT2D eigenvalue weighted by Gasteiger charge is -2.25. The minimum atomic E-state index is -0.869. The highest BCUT2D eigenvalue weighted by Gasteiger charge is 2.46. The molecule has 1 saturated heterocycles. The van der Waals surface area contributed by atoms with E-state index < -0.39 is 17.7 Å². The van der Waals surface area contributed by atoms with Crippen molar-refractivity contribution in [2.75, 3.05) is 34.0 Å². The maximum absolute atomic E-state index is 13.0. The topological polar surface area (TPSA) is 106 Å². The molecule has 2 aromatic carbocycles. The minimum absolute atomic E-state index is 0.0347. The van der Waals surface area contributed by atoms with Gasteiger partial charge in [0.15, 0.2) is 11.5 Å². The fourth-order valence-corrected chi connectivity index (χ4v) is 3.79. The van der Waals surface area contributed by atoms with E-state index in [2.05, 4.69) is 0 Å². The summed E-state index contributed by atoms with van der Waals surface area (Å²) < 4.78 is 15.8. The second-order valence-electron chi connectivity index (χ2n) is 7.33. The molecule has 1 aliphatic rings. The Morgan fingerprint density at radius 2 is 1.88 bits per heavy atom. The maximum Gasteiger partial charge on any atom is 0.295 e. The van der Waals surface area contributed by atoms with Gasteiger partial charge in [-0.2, -0.15) is 0 Å². The Labute approximate surface area is 186 Å². The van der Waals surface area contributed by atoms with Crippen molar-refractivity contribution in [2.24, 2.45) is 0 Å². The molecule has 0 saturated carbocycles. The number of carbonyl (C=O) groups is 2. The summed E-state index contributed by atoms with van der Waals surface area (Å²) in [4.78, 5) is 27.3. The molecule has 8 nitrogen and oxygen atoms in total. The molecule has 1 unspecified atom stereocenters. The molecule has 1 aliphatic heterocycles. The van der Waals surface area contributed by atoms with E-state index in [1.165, 1.54) is 25.2 Å². The predicted octanol–water partition coefficient (Wildman–Crippen LogP) is 3.18. The number of carbonyl (C=O) groups excluding carboxylic acids is 2. The van der Waals surface area contributed by atoms with Crippen LogP contribution in [0.2, 0.25) is 0 Å². The molecule has 1 heterocycles. The monoisotopic (exact) mass is 441 g/mol. The lowest BCUT2D eigenvalue weighted by molar-refractivity contribution is -0.140. The van der Waals surface area contributed by atoms with Crippen LogP contribution < -0.4 is 9.47 Å². The molecule has 2 aromatic rings. The number of ether oxygens (including phenoxy) is 3. The van der Waals surface area contributed by atoms with Crippen LogP contribution in [0.5, 0.6) is 17.2 Å². The van der Waals surface area contributed by atoms with Crippen molar-refractivity contribution >= 4 is 17.4 Å². The molecule has 1 atom stereocenters. The van der Waals surface area contributed by atoms with E-state index in [9.17, 15) is 19.8 Å². The number of rotatable bonds is 8. The molecule has 0 aliphatic carbocycles. The summed E-state index contributed by atoms with van der Waals surface area (Å²) in [5, 5.41) is 21.3. The molecule has 1 fully saturated rings. The number of aliphatic hydroxyl groups is 1. The third kappa shape index (κ3) is 4.27. The van der Waals surface area contributed by atoms with Crippen LogP contribution in [0.15, 0.2) is 42.0 Å². The Bertz CT molecular complexity index is 1060. The fourth-order valence-electron chi connectivity index (χ4n) is 3.79. The van der Waals surface area contributed by atoms with Gasteiger partial charge in [0.25, 0.3) is 11.7 Å². The van der Waals surface area contributed by atoms with Crippen molar-refractivity contribution in [2.45, 2.75) is 19.9 Å². The van der Waals surface area contributed by atoms with Gasteiger partial charge < -0.3 is 29.3 Å². The SMILES string of the molecule is CCOc1cc(C2C(=C(O)c3ccc(OC)cc3C)C(=O)C(=O)N2CCOC)ccc1O. The minimum Gasteiger partial charge on any atom is -0.507 e. The second-order valence-corrected chi connectivity index (χ2v) is 7.33. The smallest absolute Gasteiger partial charge is 0.295 e. The van der Waals surface area contributed by atoms with Crippen molar-refractivity contribution < 1.29 is 34.0 Å². The van der Waals surface area contributed by atoms with Gasteiger partial charge in [0.05, 0.1) is 31.9 Å². The highest BCUT2D eigenvalue weighted by molar-refractivity contribution is 6.46. The highest BCUT2D eigenvalue weighted by Crippen LogP contribution is 2.42. The number of nitrogens with zero attached hydrogens (tertiary/aromatic N) is 1. The molecule has 8 heteroatoms.